The molecule has 2 nitrogen and oxygen atoms in total. The second kappa shape index (κ2) is 1.89. The molecule has 1 aliphatic rings. The summed E-state index contributed by atoms with van der Waals surface area (Å²) in [6.45, 7) is 0.104. The summed E-state index contributed by atoms with van der Waals surface area (Å²) in [5, 5.41) is 8.40. The van der Waals surface area contributed by atoms with Crippen LogP contribution in [-0.2, 0) is 0 Å². The SMILES string of the molecule is OCC1=NC=CC1. The fourth-order valence-electron chi connectivity index (χ4n) is 0.505. The van der Waals surface area contributed by atoms with Crippen molar-refractivity contribution in [3.05, 3.63) is 12.3 Å². The van der Waals surface area contributed by atoms with Crippen molar-refractivity contribution in [2.24, 2.45) is 4.99 Å². The molecule has 0 bridgehead atoms. The predicted octanol–water partition coefficient (Wildman–Crippen LogP) is 0.337. The molecule has 1 rings (SSSR count). The third kappa shape index (κ3) is 0.871. The molecule has 0 aliphatic carbocycles. The molecule has 0 saturated carbocycles. The zero-order valence-electron chi connectivity index (χ0n) is 3.96. The van der Waals surface area contributed by atoms with E-state index < -0.39 is 0 Å². The second-order valence-electron chi connectivity index (χ2n) is 1.44. The summed E-state index contributed by atoms with van der Waals surface area (Å²) in [4.78, 5) is 3.84. The molecule has 2 heteroatoms. The molecule has 0 fully saturated rings. The summed E-state index contributed by atoms with van der Waals surface area (Å²) in [6.07, 6.45) is 4.47. The lowest BCUT2D eigenvalue weighted by atomic mass is 10.3. The molecule has 0 saturated heterocycles. The zero-order valence-corrected chi connectivity index (χ0v) is 3.96. The van der Waals surface area contributed by atoms with E-state index in [-0.39, 0.29) is 6.61 Å². The number of aliphatic hydroxyl groups excluding tert-OH is 1. The molecule has 0 aromatic heterocycles. The van der Waals surface area contributed by atoms with Gasteiger partial charge in [-0.15, -0.1) is 0 Å². The maximum absolute atomic E-state index is 8.40. The Bertz CT molecular complexity index is 115. The van der Waals surface area contributed by atoms with Gasteiger partial charge in [-0.05, 0) is 0 Å². The van der Waals surface area contributed by atoms with E-state index in [1.54, 1.807) is 6.20 Å². The van der Waals surface area contributed by atoms with Crippen molar-refractivity contribution >= 4 is 5.71 Å². The van der Waals surface area contributed by atoms with Crippen LogP contribution in [-0.4, -0.2) is 17.4 Å². The first kappa shape index (κ1) is 4.53. The zero-order chi connectivity index (χ0) is 5.11. The Balaban J connectivity index is 2.45. The average molecular weight is 97.1 g/mol. The number of hydrogen-bond acceptors (Lipinski definition) is 2. The third-order valence-corrected chi connectivity index (χ3v) is 0.899. The summed E-state index contributed by atoms with van der Waals surface area (Å²) in [6, 6.07) is 0. The predicted molar refractivity (Wildman–Crippen MR) is 28.3 cm³/mol. The third-order valence-electron chi connectivity index (χ3n) is 0.899. The smallest absolute Gasteiger partial charge is 0.0816 e. The normalized spacial score (nSPS) is 17.6. The standard InChI is InChI=1S/C5H7NO/c7-4-5-2-1-3-6-5/h1,3,7H,2,4H2. The van der Waals surface area contributed by atoms with Crippen molar-refractivity contribution in [2.45, 2.75) is 6.42 Å². The highest BCUT2D eigenvalue weighted by Crippen LogP contribution is 1.97. The Hall–Kier alpha value is -0.630. The molecule has 38 valence electrons. The largest absolute Gasteiger partial charge is 0.390 e. The second-order valence-corrected chi connectivity index (χ2v) is 1.44. The highest BCUT2D eigenvalue weighted by atomic mass is 16.3. The van der Waals surface area contributed by atoms with E-state index in [9.17, 15) is 0 Å². The van der Waals surface area contributed by atoms with E-state index in [2.05, 4.69) is 4.99 Å². The van der Waals surface area contributed by atoms with Crippen LogP contribution in [0.25, 0.3) is 0 Å². The molecule has 1 aliphatic heterocycles. The monoisotopic (exact) mass is 97.1 g/mol. The van der Waals surface area contributed by atoms with Gasteiger partial charge in [-0.3, -0.25) is 4.99 Å². The first-order chi connectivity index (χ1) is 3.43. The number of rotatable bonds is 1. The van der Waals surface area contributed by atoms with Gasteiger partial charge in [0.25, 0.3) is 0 Å². The van der Waals surface area contributed by atoms with Gasteiger partial charge < -0.3 is 5.11 Å². The Kier molecular flexibility index (Phi) is 1.22. The van der Waals surface area contributed by atoms with Crippen LogP contribution in [0.3, 0.4) is 0 Å². The van der Waals surface area contributed by atoms with Crippen molar-refractivity contribution in [3.8, 4) is 0 Å². The van der Waals surface area contributed by atoms with Gasteiger partial charge in [0, 0.05) is 18.3 Å². The molecule has 0 aromatic carbocycles. The van der Waals surface area contributed by atoms with Gasteiger partial charge >= 0.3 is 0 Å². The van der Waals surface area contributed by atoms with E-state index >= 15 is 0 Å². The van der Waals surface area contributed by atoms with Gasteiger partial charge in [0.15, 0.2) is 0 Å². The van der Waals surface area contributed by atoms with Gasteiger partial charge in [0.1, 0.15) is 0 Å². The van der Waals surface area contributed by atoms with Gasteiger partial charge in [-0.1, -0.05) is 6.08 Å². The maximum Gasteiger partial charge on any atom is 0.0816 e. The lowest BCUT2D eigenvalue weighted by molar-refractivity contribution is 0.356. The molecular formula is C5H7NO. The minimum Gasteiger partial charge on any atom is -0.390 e. The van der Waals surface area contributed by atoms with E-state index in [4.69, 9.17) is 5.11 Å². The van der Waals surface area contributed by atoms with Crippen LogP contribution < -0.4 is 0 Å². The number of aliphatic hydroxyl groups is 1. The van der Waals surface area contributed by atoms with Crippen LogP contribution >= 0.6 is 0 Å². The number of hydrogen-bond donors (Lipinski definition) is 1. The Morgan fingerprint density at radius 1 is 1.86 bits per heavy atom. The average Bonchev–Trinajstić information content (AvgIpc) is 2.14. The van der Waals surface area contributed by atoms with Crippen LogP contribution in [0.1, 0.15) is 6.42 Å². The number of nitrogens with zero attached hydrogens (tertiary/aromatic N) is 1. The van der Waals surface area contributed by atoms with Gasteiger partial charge in [0.2, 0.25) is 0 Å². The molecular weight excluding hydrogens is 90.1 g/mol. The van der Waals surface area contributed by atoms with Gasteiger partial charge in [-0.25, -0.2) is 0 Å². The molecule has 0 atom stereocenters. The molecule has 1 heterocycles. The number of allylic oxidation sites excluding steroid dienone is 1. The Morgan fingerprint density at radius 3 is 3.00 bits per heavy atom. The number of aliphatic imine (C=N–C) groups is 1. The molecule has 0 aromatic rings. The highest BCUT2D eigenvalue weighted by Gasteiger charge is 1.95. The highest BCUT2D eigenvalue weighted by molar-refractivity contribution is 5.88. The van der Waals surface area contributed by atoms with Gasteiger partial charge in [0.05, 0.1) is 6.61 Å². The van der Waals surface area contributed by atoms with E-state index in [0.717, 1.165) is 12.1 Å². The van der Waals surface area contributed by atoms with Crippen LogP contribution in [0.15, 0.2) is 17.3 Å². The fraction of sp³-hybridized carbons (Fsp3) is 0.400. The molecule has 0 unspecified atom stereocenters. The minimum absolute atomic E-state index is 0.104. The van der Waals surface area contributed by atoms with E-state index in [1.165, 1.54) is 0 Å². The van der Waals surface area contributed by atoms with Crippen LogP contribution in [0.2, 0.25) is 0 Å². The Morgan fingerprint density at radius 2 is 2.71 bits per heavy atom. The lowest BCUT2D eigenvalue weighted by Crippen LogP contribution is -1.97. The fourth-order valence-corrected chi connectivity index (χ4v) is 0.505. The maximum atomic E-state index is 8.40. The first-order valence-corrected chi connectivity index (χ1v) is 2.25. The van der Waals surface area contributed by atoms with E-state index in [0.29, 0.717) is 0 Å². The topological polar surface area (TPSA) is 32.6 Å². The van der Waals surface area contributed by atoms with Crippen molar-refractivity contribution < 1.29 is 5.11 Å². The van der Waals surface area contributed by atoms with Gasteiger partial charge in [-0.2, -0.15) is 0 Å². The van der Waals surface area contributed by atoms with Crippen LogP contribution in [0, 0.1) is 0 Å². The van der Waals surface area contributed by atoms with Crippen LogP contribution in [0.5, 0.6) is 0 Å². The minimum atomic E-state index is 0.104. The first-order valence-electron chi connectivity index (χ1n) is 2.25. The van der Waals surface area contributed by atoms with Crippen molar-refractivity contribution in [3.63, 3.8) is 0 Å². The summed E-state index contributed by atoms with van der Waals surface area (Å²) in [7, 11) is 0. The lowest BCUT2D eigenvalue weighted by Gasteiger charge is -1.85. The molecule has 1 N–H and O–H groups in total. The van der Waals surface area contributed by atoms with Crippen molar-refractivity contribution in [1.29, 1.82) is 0 Å². The van der Waals surface area contributed by atoms with Crippen molar-refractivity contribution in [1.82, 2.24) is 0 Å². The summed E-state index contributed by atoms with van der Waals surface area (Å²) < 4.78 is 0. The summed E-state index contributed by atoms with van der Waals surface area (Å²) in [5.74, 6) is 0. The summed E-state index contributed by atoms with van der Waals surface area (Å²) in [5.41, 5.74) is 0.861. The molecule has 7 heavy (non-hydrogen) atoms. The van der Waals surface area contributed by atoms with Crippen LogP contribution in [0.4, 0.5) is 0 Å². The molecule has 0 spiro atoms. The molecule has 0 radical (unpaired) electrons. The Labute approximate surface area is 42.2 Å². The summed E-state index contributed by atoms with van der Waals surface area (Å²) >= 11 is 0. The van der Waals surface area contributed by atoms with E-state index in [1.807, 2.05) is 6.08 Å². The molecule has 0 amide bonds. The van der Waals surface area contributed by atoms with Crippen molar-refractivity contribution in [2.75, 3.05) is 6.61 Å². The quantitative estimate of drug-likeness (QED) is 0.502.